The molecule has 0 bridgehead atoms. The van der Waals surface area contributed by atoms with Crippen molar-refractivity contribution in [3.63, 3.8) is 0 Å². The van der Waals surface area contributed by atoms with Gasteiger partial charge in [-0.2, -0.15) is 0 Å². The maximum absolute atomic E-state index is 4.23. The number of allylic oxidation sites excluding steroid dienone is 1. The Morgan fingerprint density at radius 2 is 1.86 bits per heavy atom. The average molecular weight is 301 g/mol. The number of nitrogens with zero attached hydrogens (tertiary/aromatic N) is 3. The Labute approximate surface area is 131 Å². The lowest BCUT2D eigenvalue weighted by Gasteiger charge is -2.19. The molecule has 112 valence electrons. The van der Waals surface area contributed by atoms with Gasteiger partial charge in [0.25, 0.3) is 0 Å². The second kappa shape index (κ2) is 6.48. The molecular formula is C17H23N3S. The second-order valence-electron chi connectivity index (χ2n) is 6.16. The first-order valence-corrected chi connectivity index (χ1v) is 8.13. The highest BCUT2D eigenvalue weighted by atomic mass is 32.2. The zero-order valence-corrected chi connectivity index (χ0v) is 14.1. The summed E-state index contributed by atoms with van der Waals surface area (Å²) in [7, 11) is 0. The van der Waals surface area contributed by atoms with Crippen molar-refractivity contribution in [3.05, 3.63) is 53.9 Å². The van der Waals surface area contributed by atoms with Gasteiger partial charge in [0.15, 0.2) is 5.16 Å². The lowest BCUT2D eigenvalue weighted by molar-refractivity contribution is 0.590. The Kier molecular flexibility index (Phi) is 4.88. The van der Waals surface area contributed by atoms with E-state index in [0.717, 1.165) is 23.3 Å². The first kappa shape index (κ1) is 15.8. The van der Waals surface area contributed by atoms with E-state index in [9.17, 15) is 0 Å². The molecular weight excluding hydrogens is 278 g/mol. The van der Waals surface area contributed by atoms with Crippen molar-refractivity contribution >= 4 is 11.8 Å². The molecule has 0 spiro atoms. The van der Waals surface area contributed by atoms with Crippen molar-refractivity contribution in [2.24, 2.45) is 0 Å². The van der Waals surface area contributed by atoms with Gasteiger partial charge in [-0.3, -0.25) is 0 Å². The van der Waals surface area contributed by atoms with Crippen LogP contribution in [-0.2, 0) is 17.7 Å². The molecule has 3 nitrogen and oxygen atoms in total. The van der Waals surface area contributed by atoms with Crippen molar-refractivity contribution in [2.75, 3.05) is 0 Å². The maximum Gasteiger partial charge on any atom is 0.191 e. The van der Waals surface area contributed by atoms with Crippen LogP contribution in [0.4, 0.5) is 0 Å². The molecule has 0 saturated heterocycles. The smallest absolute Gasteiger partial charge is 0.191 e. The van der Waals surface area contributed by atoms with Crippen LogP contribution in [0.25, 0.3) is 0 Å². The highest BCUT2D eigenvalue weighted by Crippen LogP contribution is 2.25. The van der Waals surface area contributed by atoms with Crippen LogP contribution in [0.1, 0.15) is 37.7 Å². The average Bonchev–Trinajstić information content (AvgIpc) is 2.78. The Balaban J connectivity index is 2.05. The number of aromatic nitrogens is 3. The van der Waals surface area contributed by atoms with Crippen molar-refractivity contribution in [2.45, 2.75) is 50.6 Å². The van der Waals surface area contributed by atoms with Crippen LogP contribution < -0.4 is 0 Å². The van der Waals surface area contributed by atoms with Crippen molar-refractivity contribution in [1.82, 2.24) is 14.8 Å². The van der Waals surface area contributed by atoms with E-state index in [1.165, 1.54) is 11.1 Å². The number of rotatable bonds is 5. The number of benzene rings is 1. The van der Waals surface area contributed by atoms with E-state index >= 15 is 0 Å². The van der Waals surface area contributed by atoms with Crippen molar-refractivity contribution < 1.29 is 0 Å². The zero-order valence-electron chi connectivity index (χ0n) is 13.3. The third kappa shape index (κ3) is 3.97. The van der Waals surface area contributed by atoms with Crippen LogP contribution >= 0.6 is 11.8 Å². The van der Waals surface area contributed by atoms with Crippen LogP contribution in [0.2, 0.25) is 0 Å². The fourth-order valence-corrected chi connectivity index (χ4v) is 3.01. The third-order valence-corrected chi connectivity index (χ3v) is 4.44. The molecule has 0 N–H and O–H groups in total. The van der Waals surface area contributed by atoms with Crippen LogP contribution in [0.5, 0.6) is 0 Å². The van der Waals surface area contributed by atoms with Crippen LogP contribution in [0.15, 0.2) is 42.1 Å². The van der Waals surface area contributed by atoms with Gasteiger partial charge in [0, 0.05) is 12.3 Å². The summed E-state index contributed by atoms with van der Waals surface area (Å²) in [5.74, 6) is 1.83. The van der Waals surface area contributed by atoms with E-state index in [1.807, 2.05) is 13.0 Å². The lowest BCUT2D eigenvalue weighted by atomic mass is 9.87. The molecule has 1 aromatic carbocycles. The van der Waals surface area contributed by atoms with Gasteiger partial charge in [-0.1, -0.05) is 62.9 Å². The summed E-state index contributed by atoms with van der Waals surface area (Å²) in [5.41, 5.74) is 2.87. The molecule has 1 aromatic heterocycles. The molecule has 0 radical (unpaired) electrons. The first-order chi connectivity index (χ1) is 9.91. The Hall–Kier alpha value is -1.55. The van der Waals surface area contributed by atoms with E-state index in [-0.39, 0.29) is 5.41 Å². The SMILES string of the molecule is C=CCn1c(C)nnc1SCc1ccc(C(C)(C)C)cc1. The number of hydrogen-bond acceptors (Lipinski definition) is 3. The number of aryl methyl sites for hydroxylation is 1. The maximum atomic E-state index is 4.23. The summed E-state index contributed by atoms with van der Waals surface area (Å²) in [6.07, 6.45) is 1.87. The largest absolute Gasteiger partial charge is 0.302 e. The molecule has 21 heavy (non-hydrogen) atoms. The molecule has 0 aliphatic heterocycles. The predicted molar refractivity (Wildman–Crippen MR) is 89.7 cm³/mol. The summed E-state index contributed by atoms with van der Waals surface area (Å²) in [6, 6.07) is 8.84. The van der Waals surface area contributed by atoms with Crippen LogP contribution in [0, 0.1) is 6.92 Å². The summed E-state index contributed by atoms with van der Waals surface area (Å²) in [5, 5.41) is 9.32. The van der Waals surface area contributed by atoms with Crippen molar-refractivity contribution in [3.8, 4) is 0 Å². The van der Waals surface area contributed by atoms with Gasteiger partial charge >= 0.3 is 0 Å². The van der Waals surface area contributed by atoms with E-state index in [1.54, 1.807) is 11.8 Å². The summed E-state index contributed by atoms with van der Waals surface area (Å²) in [4.78, 5) is 0. The standard InChI is InChI=1S/C17H23N3S/c1-6-11-20-13(2)18-19-16(20)21-12-14-7-9-15(10-8-14)17(3,4)5/h6-10H,1,11-12H2,2-5H3. The minimum Gasteiger partial charge on any atom is -0.302 e. The Morgan fingerprint density at radius 3 is 2.43 bits per heavy atom. The first-order valence-electron chi connectivity index (χ1n) is 7.14. The van der Waals surface area contributed by atoms with Crippen LogP contribution in [0.3, 0.4) is 0 Å². The fourth-order valence-electron chi connectivity index (χ4n) is 2.06. The van der Waals surface area contributed by atoms with Gasteiger partial charge in [-0.05, 0) is 23.5 Å². The van der Waals surface area contributed by atoms with Gasteiger partial charge < -0.3 is 4.57 Å². The van der Waals surface area contributed by atoms with Gasteiger partial charge in [-0.15, -0.1) is 16.8 Å². The van der Waals surface area contributed by atoms with Gasteiger partial charge in [0.2, 0.25) is 0 Å². The van der Waals surface area contributed by atoms with E-state index in [2.05, 4.69) is 66.4 Å². The molecule has 0 atom stereocenters. The zero-order chi connectivity index (χ0) is 15.5. The minimum atomic E-state index is 0.201. The third-order valence-electron chi connectivity index (χ3n) is 3.40. The molecule has 0 amide bonds. The van der Waals surface area contributed by atoms with Gasteiger partial charge in [-0.25, -0.2) is 0 Å². The summed E-state index contributed by atoms with van der Waals surface area (Å²) >= 11 is 1.72. The summed E-state index contributed by atoms with van der Waals surface area (Å²) in [6.45, 7) is 13.2. The molecule has 0 fully saturated rings. The van der Waals surface area contributed by atoms with E-state index in [0.29, 0.717) is 0 Å². The molecule has 0 aliphatic carbocycles. The number of thioether (sulfide) groups is 1. The minimum absolute atomic E-state index is 0.201. The topological polar surface area (TPSA) is 30.7 Å². The normalized spacial score (nSPS) is 11.6. The molecule has 0 saturated carbocycles. The highest BCUT2D eigenvalue weighted by molar-refractivity contribution is 7.98. The van der Waals surface area contributed by atoms with Crippen LogP contribution in [-0.4, -0.2) is 14.8 Å². The monoisotopic (exact) mass is 301 g/mol. The molecule has 2 aromatic rings. The lowest BCUT2D eigenvalue weighted by Crippen LogP contribution is -2.10. The molecule has 0 aliphatic rings. The predicted octanol–water partition coefficient (Wildman–Crippen LogP) is 4.36. The fraction of sp³-hybridized carbons (Fsp3) is 0.412. The molecule has 1 heterocycles. The van der Waals surface area contributed by atoms with Crippen molar-refractivity contribution in [1.29, 1.82) is 0 Å². The van der Waals surface area contributed by atoms with E-state index < -0.39 is 0 Å². The molecule has 2 rings (SSSR count). The van der Waals surface area contributed by atoms with E-state index in [4.69, 9.17) is 0 Å². The second-order valence-corrected chi connectivity index (χ2v) is 7.11. The van der Waals surface area contributed by atoms with Gasteiger partial charge in [0.05, 0.1) is 0 Å². The Morgan fingerprint density at radius 1 is 1.19 bits per heavy atom. The summed E-state index contributed by atoms with van der Waals surface area (Å²) < 4.78 is 2.08. The molecule has 4 heteroatoms. The Bertz CT molecular complexity index is 606. The quantitative estimate of drug-likeness (QED) is 0.607. The van der Waals surface area contributed by atoms with Gasteiger partial charge in [0.1, 0.15) is 5.82 Å². The number of hydrogen-bond donors (Lipinski definition) is 0. The molecule has 0 unspecified atom stereocenters. The highest BCUT2D eigenvalue weighted by Gasteiger charge is 2.13.